The third-order valence-corrected chi connectivity index (χ3v) is 3.47. The normalized spacial score (nSPS) is 42.0. The van der Waals surface area contributed by atoms with Gasteiger partial charge in [-0.15, -0.1) is 0 Å². The van der Waals surface area contributed by atoms with Crippen LogP contribution in [0.5, 0.6) is 0 Å². The van der Waals surface area contributed by atoms with Crippen LogP contribution in [-0.4, -0.2) is 17.1 Å². The Morgan fingerprint density at radius 1 is 1.38 bits per heavy atom. The third kappa shape index (κ3) is 2.42. The molecule has 1 aliphatic carbocycles. The van der Waals surface area contributed by atoms with E-state index in [4.69, 9.17) is 17.2 Å². The zero-order valence-electron chi connectivity index (χ0n) is 9.01. The summed E-state index contributed by atoms with van der Waals surface area (Å²) in [5.74, 6) is 0.513. The predicted molar refractivity (Wildman–Crippen MR) is 56.2 cm³/mol. The smallest absolute Gasteiger partial charge is 0.0279 e. The van der Waals surface area contributed by atoms with Crippen LogP contribution < -0.4 is 17.2 Å². The molecule has 78 valence electrons. The second kappa shape index (κ2) is 3.23. The standard InChI is InChI=1S/C10H23N3/c1-9(2,12)7-4-5-10(3,13)8(11)6-7/h7-8H,4-6,11-13H2,1-3H3. The van der Waals surface area contributed by atoms with Gasteiger partial charge in [0.15, 0.2) is 0 Å². The van der Waals surface area contributed by atoms with Gasteiger partial charge in [0, 0.05) is 17.1 Å². The van der Waals surface area contributed by atoms with Crippen LogP contribution in [-0.2, 0) is 0 Å². The van der Waals surface area contributed by atoms with E-state index in [9.17, 15) is 0 Å². The highest BCUT2D eigenvalue weighted by Gasteiger charge is 2.38. The Bertz CT molecular complexity index is 181. The van der Waals surface area contributed by atoms with Crippen molar-refractivity contribution in [1.29, 1.82) is 0 Å². The van der Waals surface area contributed by atoms with Gasteiger partial charge in [-0.25, -0.2) is 0 Å². The molecule has 3 nitrogen and oxygen atoms in total. The maximum Gasteiger partial charge on any atom is 0.0279 e. The summed E-state index contributed by atoms with van der Waals surface area (Å²) >= 11 is 0. The van der Waals surface area contributed by atoms with Gasteiger partial charge in [0.1, 0.15) is 0 Å². The molecule has 3 heteroatoms. The number of rotatable bonds is 1. The Kier molecular flexibility index (Phi) is 2.72. The first-order valence-electron chi connectivity index (χ1n) is 5.07. The molecule has 6 N–H and O–H groups in total. The van der Waals surface area contributed by atoms with Crippen molar-refractivity contribution in [2.24, 2.45) is 23.1 Å². The maximum absolute atomic E-state index is 6.06. The molecule has 1 rings (SSSR count). The van der Waals surface area contributed by atoms with Crippen LogP contribution in [0.4, 0.5) is 0 Å². The molecule has 0 aliphatic heterocycles. The molecular formula is C10H23N3. The van der Waals surface area contributed by atoms with E-state index in [2.05, 4.69) is 13.8 Å². The first-order chi connectivity index (χ1) is 5.73. The van der Waals surface area contributed by atoms with Gasteiger partial charge >= 0.3 is 0 Å². The van der Waals surface area contributed by atoms with E-state index in [-0.39, 0.29) is 17.1 Å². The van der Waals surface area contributed by atoms with E-state index in [1.54, 1.807) is 0 Å². The second-order valence-corrected chi connectivity index (χ2v) is 5.40. The van der Waals surface area contributed by atoms with Crippen molar-refractivity contribution >= 4 is 0 Å². The lowest BCUT2D eigenvalue weighted by Gasteiger charge is -2.44. The molecule has 0 radical (unpaired) electrons. The second-order valence-electron chi connectivity index (χ2n) is 5.40. The fraction of sp³-hybridized carbons (Fsp3) is 1.00. The van der Waals surface area contributed by atoms with Crippen LogP contribution in [0, 0.1) is 5.92 Å². The molecule has 0 aromatic carbocycles. The van der Waals surface area contributed by atoms with Gasteiger partial charge in [-0.3, -0.25) is 0 Å². The number of hydrogen-bond acceptors (Lipinski definition) is 3. The minimum Gasteiger partial charge on any atom is -0.326 e. The van der Waals surface area contributed by atoms with Crippen molar-refractivity contribution in [3.05, 3.63) is 0 Å². The quantitative estimate of drug-likeness (QED) is 0.559. The molecule has 0 aromatic rings. The zero-order valence-corrected chi connectivity index (χ0v) is 9.01. The maximum atomic E-state index is 6.06. The molecular weight excluding hydrogens is 162 g/mol. The summed E-state index contributed by atoms with van der Waals surface area (Å²) in [7, 11) is 0. The van der Waals surface area contributed by atoms with Gasteiger partial charge in [0.05, 0.1) is 0 Å². The Balaban J connectivity index is 2.61. The van der Waals surface area contributed by atoms with Crippen LogP contribution in [0.2, 0.25) is 0 Å². The summed E-state index contributed by atoms with van der Waals surface area (Å²) in [6.07, 6.45) is 3.04. The van der Waals surface area contributed by atoms with E-state index in [0.717, 1.165) is 19.3 Å². The lowest BCUT2D eigenvalue weighted by molar-refractivity contribution is 0.160. The monoisotopic (exact) mass is 185 g/mol. The van der Waals surface area contributed by atoms with Crippen molar-refractivity contribution in [3.63, 3.8) is 0 Å². The van der Waals surface area contributed by atoms with Gasteiger partial charge in [-0.05, 0) is 46.0 Å². The lowest BCUT2D eigenvalue weighted by Crippen LogP contribution is -2.59. The Labute approximate surface area is 81.0 Å². The highest BCUT2D eigenvalue weighted by molar-refractivity contribution is 5.00. The van der Waals surface area contributed by atoms with E-state index < -0.39 is 0 Å². The molecule has 0 amide bonds. The van der Waals surface area contributed by atoms with Gasteiger partial charge in [0.25, 0.3) is 0 Å². The molecule has 13 heavy (non-hydrogen) atoms. The van der Waals surface area contributed by atoms with E-state index in [1.165, 1.54) is 0 Å². The summed E-state index contributed by atoms with van der Waals surface area (Å²) in [5, 5.41) is 0. The number of nitrogens with two attached hydrogens (primary N) is 3. The molecule has 1 saturated carbocycles. The van der Waals surface area contributed by atoms with Gasteiger partial charge < -0.3 is 17.2 Å². The minimum absolute atomic E-state index is 0.0917. The van der Waals surface area contributed by atoms with E-state index >= 15 is 0 Å². The summed E-state index contributed by atoms with van der Waals surface area (Å²) in [6.45, 7) is 6.19. The Hall–Kier alpha value is -0.120. The molecule has 3 unspecified atom stereocenters. The summed E-state index contributed by atoms with van der Waals surface area (Å²) in [5.41, 5.74) is 17.8. The van der Waals surface area contributed by atoms with Crippen molar-refractivity contribution in [1.82, 2.24) is 0 Å². The van der Waals surface area contributed by atoms with Crippen molar-refractivity contribution < 1.29 is 0 Å². The topological polar surface area (TPSA) is 78.1 Å². The van der Waals surface area contributed by atoms with Crippen molar-refractivity contribution in [3.8, 4) is 0 Å². The Morgan fingerprint density at radius 3 is 2.31 bits per heavy atom. The Morgan fingerprint density at radius 2 is 1.92 bits per heavy atom. The summed E-state index contributed by atoms with van der Waals surface area (Å²) < 4.78 is 0. The van der Waals surface area contributed by atoms with Crippen LogP contribution in [0.3, 0.4) is 0 Å². The third-order valence-electron chi connectivity index (χ3n) is 3.47. The lowest BCUT2D eigenvalue weighted by atomic mass is 9.69. The highest BCUT2D eigenvalue weighted by Crippen LogP contribution is 2.34. The van der Waals surface area contributed by atoms with Gasteiger partial charge in [0.2, 0.25) is 0 Å². The van der Waals surface area contributed by atoms with Crippen LogP contribution in [0.25, 0.3) is 0 Å². The number of hydrogen-bond donors (Lipinski definition) is 3. The van der Waals surface area contributed by atoms with Crippen LogP contribution >= 0.6 is 0 Å². The molecule has 0 saturated heterocycles. The summed E-state index contributed by atoms with van der Waals surface area (Å²) in [4.78, 5) is 0. The molecule has 0 spiro atoms. The zero-order chi connectivity index (χ0) is 10.3. The average molecular weight is 185 g/mol. The van der Waals surface area contributed by atoms with Gasteiger partial charge in [-0.1, -0.05) is 0 Å². The predicted octanol–water partition coefficient (Wildman–Crippen LogP) is 0.569. The van der Waals surface area contributed by atoms with Crippen LogP contribution in [0.1, 0.15) is 40.0 Å². The molecule has 3 atom stereocenters. The summed E-state index contributed by atoms with van der Waals surface area (Å²) in [6, 6.07) is 0.0917. The van der Waals surface area contributed by atoms with Crippen molar-refractivity contribution in [2.75, 3.05) is 0 Å². The SMILES string of the molecule is CC(C)(N)C1CCC(C)(N)C(N)C1. The first-order valence-corrected chi connectivity index (χ1v) is 5.07. The van der Waals surface area contributed by atoms with Crippen LogP contribution in [0.15, 0.2) is 0 Å². The highest BCUT2D eigenvalue weighted by atomic mass is 14.9. The fourth-order valence-corrected chi connectivity index (χ4v) is 2.04. The van der Waals surface area contributed by atoms with Crippen molar-refractivity contribution in [2.45, 2.75) is 57.2 Å². The average Bonchev–Trinajstić information content (AvgIpc) is 1.92. The first kappa shape index (κ1) is 11.0. The minimum atomic E-state index is -0.193. The molecule has 0 aromatic heterocycles. The molecule has 1 fully saturated rings. The van der Waals surface area contributed by atoms with E-state index in [1.807, 2.05) is 6.92 Å². The largest absolute Gasteiger partial charge is 0.326 e. The van der Waals surface area contributed by atoms with Gasteiger partial charge in [-0.2, -0.15) is 0 Å². The van der Waals surface area contributed by atoms with E-state index in [0.29, 0.717) is 5.92 Å². The molecule has 0 heterocycles. The fourth-order valence-electron chi connectivity index (χ4n) is 2.04. The molecule has 0 bridgehead atoms. The molecule has 1 aliphatic rings.